The summed E-state index contributed by atoms with van der Waals surface area (Å²) in [7, 11) is -1.92. The lowest BCUT2D eigenvalue weighted by Gasteiger charge is -2.06. The van der Waals surface area contributed by atoms with Gasteiger partial charge in [0.15, 0.2) is 0 Å². The summed E-state index contributed by atoms with van der Waals surface area (Å²) in [5.41, 5.74) is 0. The second kappa shape index (κ2) is 6.68. The Hall–Kier alpha value is -0.980. The summed E-state index contributed by atoms with van der Waals surface area (Å²) in [4.78, 5) is 0.0747. The van der Waals surface area contributed by atoms with Gasteiger partial charge in [0.1, 0.15) is 5.82 Å². The molecule has 6 heteroatoms. The maximum absolute atomic E-state index is 12.6. The molecule has 0 aliphatic carbocycles. The molecule has 0 radical (unpaired) electrons. The van der Waals surface area contributed by atoms with Crippen LogP contribution in [-0.4, -0.2) is 28.7 Å². The van der Waals surface area contributed by atoms with Crippen LogP contribution in [0.25, 0.3) is 0 Å². The van der Waals surface area contributed by atoms with Crippen molar-refractivity contribution in [2.75, 3.05) is 20.3 Å². The zero-order valence-corrected chi connectivity index (χ0v) is 10.5. The van der Waals surface area contributed by atoms with E-state index >= 15 is 0 Å². The van der Waals surface area contributed by atoms with Crippen molar-refractivity contribution in [2.45, 2.75) is 17.7 Å². The third-order valence-electron chi connectivity index (χ3n) is 2.19. The molecule has 0 aliphatic heterocycles. The molecule has 1 rings (SSSR count). The molecule has 1 aromatic carbocycles. The summed E-state index contributed by atoms with van der Waals surface area (Å²) in [6, 6.07) is 4.73. The molecule has 0 atom stereocenters. The van der Waals surface area contributed by atoms with E-state index in [9.17, 15) is 12.8 Å². The van der Waals surface area contributed by atoms with Crippen LogP contribution in [0.2, 0.25) is 0 Å². The summed E-state index contributed by atoms with van der Waals surface area (Å²) in [5, 5.41) is 0. The lowest BCUT2D eigenvalue weighted by atomic mass is 10.3. The Morgan fingerprint density at radius 2 is 1.88 bits per heavy atom. The molecular formula is C11H16FNO3S. The van der Waals surface area contributed by atoms with Crippen LogP contribution < -0.4 is 4.72 Å². The van der Waals surface area contributed by atoms with E-state index < -0.39 is 15.8 Å². The van der Waals surface area contributed by atoms with Crippen molar-refractivity contribution in [3.63, 3.8) is 0 Å². The predicted molar refractivity (Wildman–Crippen MR) is 62.7 cm³/mol. The fourth-order valence-electron chi connectivity index (χ4n) is 1.28. The second-order valence-electron chi connectivity index (χ2n) is 3.55. The molecule has 0 fully saturated rings. The fourth-order valence-corrected chi connectivity index (χ4v) is 2.35. The molecule has 17 heavy (non-hydrogen) atoms. The minimum absolute atomic E-state index is 0.0747. The molecule has 0 saturated heterocycles. The van der Waals surface area contributed by atoms with E-state index in [1.54, 1.807) is 7.11 Å². The van der Waals surface area contributed by atoms with E-state index in [2.05, 4.69) is 4.72 Å². The third-order valence-corrected chi connectivity index (χ3v) is 3.67. The van der Waals surface area contributed by atoms with Crippen LogP contribution in [0.15, 0.2) is 29.2 Å². The van der Waals surface area contributed by atoms with E-state index in [0.717, 1.165) is 18.6 Å². The topological polar surface area (TPSA) is 55.4 Å². The van der Waals surface area contributed by atoms with Gasteiger partial charge in [-0.25, -0.2) is 17.5 Å². The minimum atomic E-state index is -3.52. The molecule has 0 aliphatic rings. The zero-order chi connectivity index (χ0) is 12.7. The molecular weight excluding hydrogens is 245 g/mol. The quantitative estimate of drug-likeness (QED) is 0.757. The van der Waals surface area contributed by atoms with Gasteiger partial charge < -0.3 is 4.74 Å². The first-order valence-electron chi connectivity index (χ1n) is 5.30. The Balaban J connectivity index is 2.48. The molecule has 0 saturated carbocycles. The van der Waals surface area contributed by atoms with E-state index in [4.69, 9.17) is 4.74 Å². The highest BCUT2D eigenvalue weighted by Crippen LogP contribution is 2.09. The second-order valence-corrected chi connectivity index (χ2v) is 5.32. The third kappa shape index (κ3) is 4.80. The zero-order valence-electron chi connectivity index (χ0n) is 9.65. The summed E-state index contributed by atoms with van der Waals surface area (Å²) < 4.78 is 43.4. The molecule has 0 bridgehead atoms. The molecule has 0 heterocycles. The Morgan fingerprint density at radius 1 is 1.24 bits per heavy atom. The predicted octanol–water partition coefficient (Wildman–Crippen LogP) is 1.53. The number of halogens is 1. The van der Waals surface area contributed by atoms with Crippen LogP contribution >= 0.6 is 0 Å². The van der Waals surface area contributed by atoms with E-state index in [1.807, 2.05) is 0 Å². The van der Waals surface area contributed by atoms with Gasteiger partial charge in [-0.2, -0.15) is 0 Å². The summed E-state index contributed by atoms with van der Waals surface area (Å²) >= 11 is 0. The van der Waals surface area contributed by atoms with E-state index in [0.29, 0.717) is 19.6 Å². The molecule has 96 valence electrons. The van der Waals surface area contributed by atoms with E-state index in [-0.39, 0.29) is 4.90 Å². The molecule has 1 aromatic rings. The van der Waals surface area contributed by atoms with Gasteiger partial charge in [-0.15, -0.1) is 0 Å². The number of ether oxygens (including phenoxy) is 1. The molecule has 0 aromatic heterocycles. The van der Waals surface area contributed by atoms with Crippen LogP contribution in [0.3, 0.4) is 0 Å². The largest absolute Gasteiger partial charge is 0.385 e. The van der Waals surface area contributed by atoms with Crippen molar-refractivity contribution in [3.8, 4) is 0 Å². The molecule has 0 spiro atoms. The maximum atomic E-state index is 12.6. The number of rotatable bonds is 7. The Morgan fingerprint density at radius 3 is 2.47 bits per heavy atom. The van der Waals surface area contributed by atoms with Crippen molar-refractivity contribution in [2.24, 2.45) is 0 Å². The normalized spacial score (nSPS) is 11.6. The van der Waals surface area contributed by atoms with Crippen molar-refractivity contribution >= 4 is 10.0 Å². The van der Waals surface area contributed by atoms with Gasteiger partial charge in [0, 0.05) is 20.3 Å². The first kappa shape index (κ1) is 14.1. The summed E-state index contributed by atoms with van der Waals surface area (Å²) in [6.45, 7) is 0.960. The number of benzene rings is 1. The van der Waals surface area contributed by atoms with Gasteiger partial charge in [0.2, 0.25) is 10.0 Å². The van der Waals surface area contributed by atoms with Crippen molar-refractivity contribution in [3.05, 3.63) is 30.1 Å². The van der Waals surface area contributed by atoms with Crippen molar-refractivity contribution in [1.29, 1.82) is 0 Å². The number of methoxy groups -OCH3 is 1. The van der Waals surface area contributed by atoms with Gasteiger partial charge in [0.05, 0.1) is 4.90 Å². The van der Waals surface area contributed by atoms with Crippen LogP contribution in [0.5, 0.6) is 0 Å². The highest BCUT2D eigenvalue weighted by molar-refractivity contribution is 7.89. The summed E-state index contributed by atoms with van der Waals surface area (Å²) in [5.74, 6) is -0.455. The van der Waals surface area contributed by atoms with Gasteiger partial charge in [-0.1, -0.05) is 0 Å². The average Bonchev–Trinajstić information content (AvgIpc) is 2.29. The Bertz CT molecular complexity index is 431. The van der Waals surface area contributed by atoms with Crippen LogP contribution in [-0.2, 0) is 14.8 Å². The lowest BCUT2D eigenvalue weighted by molar-refractivity contribution is 0.193. The fraction of sp³-hybridized carbons (Fsp3) is 0.455. The monoisotopic (exact) mass is 261 g/mol. The Kier molecular flexibility index (Phi) is 5.54. The van der Waals surface area contributed by atoms with Crippen molar-refractivity contribution in [1.82, 2.24) is 4.72 Å². The minimum Gasteiger partial charge on any atom is -0.385 e. The number of hydrogen-bond donors (Lipinski definition) is 1. The van der Waals surface area contributed by atoms with Gasteiger partial charge in [0.25, 0.3) is 0 Å². The van der Waals surface area contributed by atoms with Gasteiger partial charge >= 0.3 is 0 Å². The standard InChI is InChI=1S/C11H16FNO3S/c1-16-9-3-2-8-13-17(14,15)11-6-4-10(12)5-7-11/h4-7,13H,2-3,8-9H2,1H3. The number of unbranched alkanes of at least 4 members (excludes halogenated alkanes) is 1. The number of hydrogen-bond acceptors (Lipinski definition) is 3. The number of sulfonamides is 1. The first-order valence-corrected chi connectivity index (χ1v) is 6.79. The summed E-state index contributed by atoms with van der Waals surface area (Å²) in [6.07, 6.45) is 1.50. The molecule has 1 N–H and O–H groups in total. The van der Waals surface area contributed by atoms with Gasteiger partial charge in [-0.05, 0) is 37.1 Å². The SMILES string of the molecule is COCCCCNS(=O)(=O)c1ccc(F)cc1. The Labute approximate surface area is 101 Å². The van der Waals surface area contributed by atoms with Crippen molar-refractivity contribution < 1.29 is 17.5 Å². The average molecular weight is 261 g/mol. The lowest BCUT2D eigenvalue weighted by Crippen LogP contribution is -2.24. The van der Waals surface area contributed by atoms with Crippen LogP contribution in [0, 0.1) is 5.82 Å². The van der Waals surface area contributed by atoms with Gasteiger partial charge in [-0.3, -0.25) is 0 Å². The van der Waals surface area contributed by atoms with Crippen LogP contribution in [0.1, 0.15) is 12.8 Å². The number of nitrogens with one attached hydrogen (secondary N) is 1. The first-order chi connectivity index (χ1) is 8.06. The highest BCUT2D eigenvalue weighted by Gasteiger charge is 2.12. The molecule has 4 nitrogen and oxygen atoms in total. The van der Waals surface area contributed by atoms with E-state index in [1.165, 1.54) is 12.1 Å². The highest BCUT2D eigenvalue weighted by atomic mass is 32.2. The molecule has 0 amide bonds. The maximum Gasteiger partial charge on any atom is 0.240 e. The van der Waals surface area contributed by atoms with Crippen LogP contribution in [0.4, 0.5) is 4.39 Å². The molecule has 0 unspecified atom stereocenters. The smallest absolute Gasteiger partial charge is 0.240 e.